The first-order valence-corrected chi connectivity index (χ1v) is 6.62. The summed E-state index contributed by atoms with van der Waals surface area (Å²) in [4.78, 5) is 24.0. The van der Waals surface area contributed by atoms with E-state index in [1.165, 1.54) is 12.1 Å². The Kier molecular flexibility index (Phi) is 4.57. The van der Waals surface area contributed by atoms with Crippen LogP contribution in [0, 0.1) is 0 Å². The number of hydrogen-bond donors (Lipinski definition) is 2. The number of carboxylic acid groups (broad SMARTS) is 1. The number of aromatic carboxylic acids is 1. The zero-order valence-corrected chi connectivity index (χ0v) is 11.9. The van der Waals surface area contributed by atoms with Gasteiger partial charge in [0.15, 0.2) is 5.75 Å². The summed E-state index contributed by atoms with van der Waals surface area (Å²) < 4.78 is 5.40. The molecule has 0 aromatic heterocycles. The molecule has 1 aromatic carbocycles. The number of urea groups is 1. The number of hydrogen-bond acceptors (Lipinski definition) is 3. The van der Waals surface area contributed by atoms with Crippen molar-refractivity contribution in [3.8, 4) is 5.75 Å². The molecule has 0 radical (unpaired) electrons. The van der Waals surface area contributed by atoms with E-state index in [9.17, 15) is 9.59 Å². The maximum Gasteiger partial charge on any atom is 0.339 e. The lowest BCUT2D eigenvalue weighted by Crippen LogP contribution is -2.32. The maximum absolute atomic E-state index is 11.3. The number of benzene rings is 1. The van der Waals surface area contributed by atoms with Crippen LogP contribution in [-0.2, 0) is 0 Å². The Hall–Kier alpha value is -1.66. The van der Waals surface area contributed by atoms with Crippen LogP contribution in [-0.4, -0.2) is 48.2 Å². The monoisotopic (exact) mass is 318 g/mol. The summed E-state index contributed by atoms with van der Waals surface area (Å²) in [6.45, 7) is 1.70. The molecular formula is C12H12Cl2N2O4. The largest absolute Gasteiger partial charge is 0.489 e. The molecule has 1 saturated heterocycles. The molecule has 1 aliphatic heterocycles. The zero-order chi connectivity index (χ0) is 14.7. The van der Waals surface area contributed by atoms with Crippen LogP contribution in [0.5, 0.6) is 5.75 Å². The molecule has 6 nitrogen and oxygen atoms in total. The lowest BCUT2D eigenvalue weighted by atomic mass is 10.2. The highest BCUT2D eigenvalue weighted by Crippen LogP contribution is 2.32. The van der Waals surface area contributed by atoms with Crippen molar-refractivity contribution in [1.82, 2.24) is 10.2 Å². The van der Waals surface area contributed by atoms with Gasteiger partial charge in [0.2, 0.25) is 0 Å². The lowest BCUT2D eigenvalue weighted by molar-refractivity contribution is 0.0691. The van der Waals surface area contributed by atoms with E-state index in [0.29, 0.717) is 19.6 Å². The fourth-order valence-electron chi connectivity index (χ4n) is 1.85. The van der Waals surface area contributed by atoms with E-state index < -0.39 is 5.97 Å². The van der Waals surface area contributed by atoms with Crippen molar-refractivity contribution in [2.24, 2.45) is 0 Å². The van der Waals surface area contributed by atoms with Crippen LogP contribution in [0.25, 0.3) is 0 Å². The Balaban J connectivity index is 2.05. The van der Waals surface area contributed by atoms with Gasteiger partial charge in [0.1, 0.15) is 12.2 Å². The SMILES string of the molecule is O=C(O)c1cc(Cl)cc(Cl)c1OCCN1CCNC1=O. The second-order valence-electron chi connectivity index (χ2n) is 4.14. The molecular weight excluding hydrogens is 307 g/mol. The normalized spacial score (nSPS) is 14.3. The van der Waals surface area contributed by atoms with Crippen molar-refractivity contribution in [2.45, 2.75) is 0 Å². The molecule has 0 spiro atoms. The van der Waals surface area contributed by atoms with E-state index in [1.54, 1.807) is 4.90 Å². The number of carbonyl (C=O) groups is 2. The van der Waals surface area contributed by atoms with Gasteiger partial charge in [-0.1, -0.05) is 23.2 Å². The van der Waals surface area contributed by atoms with Crippen LogP contribution in [0.3, 0.4) is 0 Å². The second kappa shape index (κ2) is 6.19. The fraction of sp³-hybridized carbons (Fsp3) is 0.333. The molecule has 0 bridgehead atoms. The van der Waals surface area contributed by atoms with Gasteiger partial charge in [-0.15, -0.1) is 0 Å². The zero-order valence-electron chi connectivity index (χ0n) is 10.4. The Morgan fingerprint density at radius 1 is 1.45 bits per heavy atom. The van der Waals surface area contributed by atoms with E-state index in [2.05, 4.69) is 5.32 Å². The third-order valence-corrected chi connectivity index (χ3v) is 3.29. The number of amides is 2. The quantitative estimate of drug-likeness (QED) is 0.871. The topological polar surface area (TPSA) is 78.9 Å². The lowest BCUT2D eigenvalue weighted by Gasteiger charge is -2.16. The average molecular weight is 319 g/mol. The predicted octanol–water partition coefficient (Wildman–Crippen LogP) is 2.10. The summed E-state index contributed by atoms with van der Waals surface area (Å²) in [5.74, 6) is -1.12. The standard InChI is InChI=1S/C12H12Cl2N2O4/c13-7-5-8(11(17)18)10(9(14)6-7)20-4-3-16-2-1-15-12(16)19/h5-6H,1-4H2,(H,15,19)(H,17,18). The minimum Gasteiger partial charge on any atom is -0.489 e. The van der Waals surface area contributed by atoms with Gasteiger partial charge in [-0.2, -0.15) is 0 Å². The van der Waals surface area contributed by atoms with E-state index in [4.69, 9.17) is 33.0 Å². The van der Waals surface area contributed by atoms with Gasteiger partial charge in [-0.3, -0.25) is 0 Å². The highest BCUT2D eigenvalue weighted by Gasteiger charge is 2.20. The number of rotatable bonds is 5. The number of nitrogens with one attached hydrogen (secondary N) is 1. The van der Waals surface area contributed by atoms with Gasteiger partial charge in [0.05, 0.1) is 11.6 Å². The number of nitrogens with zero attached hydrogens (tertiary/aromatic N) is 1. The molecule has 1 aromatic rings. The van der Waals surface area contributed by atoms with Gasteiger partial charge < -0.3 is 20.1 Å². The molecule has 2 rings (SSSR count). The van der Waals surface area contributed by atoms with Crippen LogP contribution in [0.4, 0.5) is 4.79 Å². The minimum atomic E-state index is -1.18. The third-order valence-electron chi connectivity index (χ3n) is 2.79. The molecule has 20 heavy (non-hydrogen) atoms. The van der Waals surface area contributed by atoms with E-state index in [1.807, 2.05) is 0 Å². The smallest absolute Gasteiger partial charge is 0.339 e. The Morgan fingerprint density at radius 2 is 2.20 bits per heavy atom. The van der Waals surface area contributed by atoms with Gasteiger partial charge in [0, 0.05) is 18.1 Å². The van der Waals surface area contributed by atoms with Crippen molar-refractivity contribution >= 4 is 35.2 Å². The van der Waals surface area contributed by atoms with Crippen LogP contribution in [0.15, 0.2) is 12.1 Å². The van der Waals surface area contributed by atoms with E-state index >= 15 is 0 Å². The van der Waals surface area contributed by atoms with Gasteiger partial charge in [-0.05, 0) is 12.1 Å². The first kappa shape index (κ1) is 14.7. The summed E-state index contributed by atoms with van der Waals surface area (Å²) in [5, 5.41) is 12.1. The molecule has 0 aliphatic carbocycles. The predicted molar refractivity (Wildman–Crippen MR) is 73.9 cm³/mol. The molecule has 0 saturated carbocycles. The molecule has 0 atom stereocenters. The summed E-state index contributed by atoms with van der Waals surface area (Å²) in [7, 11) is 0. The van der Waals surface area contributed by atoms with E-state index in [0.717, 1.165) is 0 Å². The van der Waals surface area contributed by atoms with Gasteiger partial charge >= 0.3 is 12.0 Å². The summed E-state index contributed by atoms with van der Waals surface area (Å²) in [5.41, 5.74) is -0.103. The van der Waals surface area contributed by atoms with Crippen molar-refractivity contribution in [1.29, 1.82) is 0 Å². The molecule has 2 N–H and O–H groups in total. The number of carboxylic acids is 1. The first-order valence-electron chi connectivity index (χ1n) is 5.87. The molecule has 8 heteroatoms. The molecule has 108 valence electrons. The van der Waals surface area contributed by atoms with Crippen LogP contribution in [0.2, 0.25) is 10.0 Å². The number of halogens is 2. The number of carbonyl (C=O) groups excluding carboxylic acids is 1. The second-order valence-corrected chi connectivity index (χ2v) is 4.98. The Morgan fingerprint density at radius 3 is 2.80 bits per heavy atom. The van der Waals surface area contributed by atoms with E-state index in [-0.39, 0.29) is 34.0 Å². The average Bonchev–Trinajstić information content (AvgIpc) is 2.77. The maximum atomic E-state index is 11.3. The highest BCUT2D eigenvalue weighted by atomic mass is 35.5. The summed E-state index contributed by atoms with van der Waals surface area (Å²) in [6, 6.07) is 2.52. The first-order chi connectivity index (χ1) is 9.49. The van der Waals surface area contributed by atoms with Gasteiger partial charge in [0.25, 0.3) is 0 Å². The molecule has 2 amide bonds. The molecule has 1 aliphatic rings. The molecule has 1 heterocycles. The fourth-order valence-corrected chi connectivity index (χ4v) is 2.40. The Bertz CT molecular complexity index is 551. The molecule has 1 fully saturated rings. The van der Waals surface area contributed by atoms with Crippen molar-refractivity contribution < 1.29 is 19.4 Å². The molecule has 0 unspecified atom stereocenters. The van der Waals surface area contributed by atoms with Crippen molar-refractivity contribution in [3.63, 3.8) is 0 Å². The van der Waals surface area contributed by atoms with Crippen molar-refractivity contribution in [2.75, 3.05) is 26.2 Å². The minimum absolute atomic E-state index is 0.0585. The Labute approximate surface area is 125 Å². The van der Waals surface area contributed by atoms with Crippen molar-refractivity contribution in [3.05, 3.63) is 27.7 Å². The van der Waals surface area contributed by atoms with Gasteiger partial charge in [-0.25, -0.2) is 9.59 Å². The third kappa shape index (κ3) is 3.26. The number of ether oxygens (including phenoxy) is 1. The van der Waals surface area contributed by atoms with Crippen LogP contribution < -0.4 is 10.1 Å². The summed E-state index contributed by atoms with van der Waals surface area (Å²) in [6.07, 6.45) is 0. The summed E-state index contributed by atoms with van der Waals surface area (Å²) >= 11 is 11.7. The van der Waals surface area contributed by atoms with Crippen LogP contribution >= 0.6 is 23.2 Å². The van der Waals surface area contributed by atoms with Crippen LogP contribution in [0.1, 0.15) is 10.4 Å². The highest BCUT2D eigenvalue weighted by molar-refractivity contribution is 6.36.